The van der Waals surface area contributed by atoms with E-state index in [1.165, 1.54) is 6.20 Å². The number of hydrogen-bond donors (Lipinski definition) is 1. The normalized spacial score (nSPS) is 11.3. The van der Waals surface area contributed by atoms with Gasteiger partial charge in [0.05, 0.1) is 0 Å². The second-order valence-corrected chi connectivity index (χ2v) is 3.57. The number of hydrogen-bond acceptors (Lipinski definition) is 2. The summed E-state index contributed by atoms with van der Waals surface area (Å²) in [7, 11) is 0. The lowest BCUT2D eigenvalue weighted by molar-refractivity contribution is 0.0569. The fraction of sp³-hybridized carbons (Fsp3) is 0.667. The molecule has 3 nitrogen and oxygen atoms in total. The molecule has 0 aliphatic rings. The first-order valence-corrected chi connectivity index (χ1v) is 4.66. The van der Waals surface area contributed by atoms with Crippen molar-refractivity contribution >= 4 is 5.82 Å². The molecule has 0 aromatic carbocycles. The summed E-state index contributed by atoms with van der Waals surface area (Å²) in [5.41, 5.74) is 0. The van der Waals surface area contributed by atoms with Crippen LogP contribution in [0.3, 0.4) is 0 Å². The van der Waals surface area contributed by atoms with Crippen molar-refractivity contribution in [2.24, 2.45) is 5.92 Å². The zero-order valence-corrected chi connectivity index (χ0v) is 8.37. The molecule has 1 N–H and O–H groups in total. The highest BCUT2D eigenvalue weighted by atomic mass is 19.3. The summed E-state index contributed by atoms with van der Waals surface area (Å²) < 4.78 is 24.8. The zero-order valence-electron chi connectivity index (χ0n) is 8.37. The number of halogens is 2. The van der Waals surface area contributed by atoms with Gasteiger partial charge in [0.1, 0.15) is 5.82 Å². The molecule has 5 heteroatoms. The summed E-state index contributed by atoms with van der Waals surface area (Å²) in [5, 5.41) is 6.65. The van der Waals surface area contributed by atoms with Crippen LogP contribution in [0.2, 0.25) is 0 Å². The number of alkyl halides is 2. The minimum atomic E-state index is -2.56. The Morgan fingerprint density at radius 1 is 1.50 bits per heavy atom. The van der Waals surface area contributed by atoms with E-state index in [1.54, 1.807) is 6.07 Å². The molecule has 0 amide bonds. The Hall–Kier alpha value is -1.13. The van der Waals surface area contributed by atoms with E-state index in [2.05, 4.69) is 24.3 Å². The first-order valence-electron chi connectivity index (χ1n) is 4.66. The van der Waals surface area contributed by atoms with E-state index in [0.29, 0.717) is 16.4 Å². The zero-order chi connectivity index (χ0) is 10.6. The minimum absolute atomic E-state index is 0.506. The van der Waals surface area contributed by atoms with Crippen molar-refractivity contribution in [3.8, 4) is 0 Å². The molecule has 1 rings (SSSR count). The average molecular weight is 203 g/mol. The first-order chi connectivity index (χ1) is 6.59. The second-order valence-electron chi connectivity index (χ2n) is 3.57. The quantitative estimate of drug-likeness (QED) is 0.797. The summed E-state index contributed by atoms with van der Waals surface area (Å²) >= 11 is 0. The van der Waals surface area contributed by atoms with E-state index in [4.69, 9.17) is 0 Å². The van der Waals surface area contributed by atoms with Crippen LogP contribution in [0.15, 0.2) is 12.3 Å². The molecule has 0 unspecified atom stereocenters. The fourth-order valence-electron chi connectivity index (χ4n) is 1.03. The largest absolute Gasteiger partial charge is 0.369 e. The van der Waals surface area contributed by atoms with Gasteiger partial charge in [-0.2, -0.15) is 13.9 Å². The third-order valence-corrected chi connectivity index (χ3v) is 1.84. The highest BCUT2D eigenvalue weighted by molar-refractivity contribution is 5.31. The molecule has 0 fully saturated rings. The van der Waals surface area contributed by atoms with Gasteiger partial charge in [0.2, 0.25) is 0 Å². The van der Waals surface area contributed by atoms with Crippen LogP contribution in [0.5, 0.6) is 0 Å². The first kappa shape index (κ1) is 10.9. The molecule has 1 heterocycles. The SMILES string of the molecule is CC(C)CCNc1ccn(C(F)F)n1. The maximum Gasteiger partial charge on any atom is 0.333 e. The van der Waals surface area contributed by atoms with Gasteiger partial charge in [-0.15, -0.1) is 0 Å². The summed E-state index contributed by atoms with van der Waals surface area (Å²) in [6.07, 6.45) is 2.27. The molecule has 0 saturated carbocycles. The van der Waals surface area contributed by atoms with Crippen molar-refractivity contribution in [3.63, 3.8) is 0 Å². The highest BCUT2D eigenvalue weighted by Gasteiger charge is 2.06. The van der Waals surface area contributed by atoms with Crippen molar-refractivity contribution in [2.75, 3.05) is 11.9 Å². The molecular weight excluding hydrogens is 188 g/mol. The summed E-state index contributed by atoms with van der Waals surface area (Å²) in [6, 6.07) is 1.55. The van der Waals surface area contributed by atoms with Gasteiger partial charge in [-0.05, 0) is 12.3 Å². The van der Waals surface area contributed by atoms with Crippen LogP contribution in [0, 0.1) is 5.92 Å². The number of nitrogens with zero attached hydrogens (tertiary/aromatic N) is 2. The predicted octanol–water partition coefficient (Wildman–Crippen LogP) is 2.74. The lowest BCUT2D eigenvalue weighted by Gasteiger charge is -2.05. The molecule has 0 saturated heterocycles. The molecule has 80 valence electrons. The minimum Gasteiger partial charge on any atom is -0.369 e. The van der Waals surface area contributed by atoms with E-state index >= 15 is 0 Å². The maximum atomic E-state index is 12.1. The van der Waals surface area contributed by atoms with Gasteiger partial charge < -0.3 is 5.32 Å². The van der Waals surface area contributed by atoms with Gasteiger partial charge in [-0.1, -0.05) is 13.8 Å². The van der Waals surface area contributed by atoms with Crippen LogP contribution in [-0.4, -0.2) is 16.3 Å². The van der Waals surface area contributed by atoms with Gasteiger partial charge in [0.15, 0.2) is 0 Å². The Kier molecular flexibility index (Phi) is 3.85. The Bertz CT molecular complexity index is 271. The molecule has 0 aliphatic carbocycles. The van der Waals surface area contributed by atoms with Crippen LogP contribution in [0.1, 0.15) is 26.8 Å². The predicted molar refractivity (Wildman–Crippen MR) is 51.4 cm³/mol. The average Bonchev–Trinajstić information content (AvgIpc) is 2.52. The molecular formula is C9H15F2N3. The van der Waals surface area contributed by atoms with Gasteiger partial charge in [-0.25, -0.2) is 4.68 Å². The molecule has 0 atom stereocenters. The molecule has 0 aliphatic heterocycles. The number of nitrogens with one attached hydrogen (secondary N) is 1. The maximum absolute atomic E-state index is 12.1. The van der Waals surface area contributed by atoms with Crippen molar-refractivity contribution in [2.45, 2.75) is 26.8 Å². The Morgan fingerprint density at radius 3 is 2.71 bits per heavy atom. The Balaban J connectivity index is 2.36. The Labute approximate surface area is 82.1 Å². The lowest BCUT2D eigenvalue weighted by Crippen LogP contribution is -2.06. The third-order valence-electron chi connectivity index (χ3n) is 1.84. The van der Waals surface area contributed by atoms with Crippen molar-refractivity contribution in [3.05, 3.63) is 12.3 Å². The number of rotatable bonds is 5. The van der Waals surface area contributed by atoms with E-state index < -0.39 is 6.55 Å². The van der Waals surface area contributed by atoms with Gasteiger partial charge in [-0.3, -0.25) is 0 Å². The van der Waals surface area contributed by atoms with Crippen LogP contribution in [0.4, 0.5) is 14.6 Å². The summed E-state index contributed by atoms with van der Waals surface area (Å²) in [4.78, 5) is 0. The van der Waals surface area contributed by atoms with Crippen molar-refractivity contribution < 1.29 is 8.78 Å². The van der Waals surface area contributed by atoms with Gasteiger partial charge in [0.25, 0.3) is 0 Å². The summed E-state index contributed by atoms with van der Waals surface area (Å²) in [5.74, 6) is 1.10. The molecule has 0 bridgehead atoms. The molecule has 0 radical (unpaired) electrons. The van der Waals surface area contributed by atoms with Crippen LogP contribution in [0.25, 0.3) is 0 Å². The fourth-order valence-corrected chi connectivity index (χ4v) is 1.03. The van der Waals surface area contributed by atoms with E-state index in [0.717, 1.165) is 13.0 Å². The van der Waals surface area contributed by atoms with E-state index in [-0.39, 0.29) is 0 Å². The monoisotopic (exact) mass is 203 g/mol. The van der Waals surface area contributed by atoms with E-state index in [9.17, 15) is 8.78 Å². The van der Waals surface area contributed by atoms with Crippen LogP contribution in [-0.2, 0) is 0 Å². The third kappa shape index (κ3) is 3.32. The van der Waals surface area contributed by atoms with Crippen LogP contribution < -0.4 is 5.32 Å². The Morgan fingerprint density at radius 2 is 2.21 bits per heavy atom. The molecule has 0 spiro atoms. The molecule has 14 heavy (non-hydrogen) atoms. The smallest absolute Gasteiger partial charge is 0.333 e. The lowest BCUT2D eigenvalue weighted by atomic mass is 10.1. The standard InChI is InChI=1S/C9H15F2N3/c1-7(2)3-5-12-8-4-6-14(13-8)9(10)11/h4,6-7,9H,3,5H2,1-2H3,(H,12,13). The van der Waals surface area contributed by atoms with Gasteiger partial charge in [0, 0.05) is 18.8 Å². The highest BCUT2D eigenvalue weighted by Crippen LogP contribution is 2.11. The summed E-state index contributed by atoms with van der Waals surface area (Å²) in [6.45, 7) is 2.42. The van der Waals surface area contributed by atoms with Gasteiger partial charge >= 0.3 is 6.55 Å². The van der Waals surface area contributed by atoms with E-state index in [1.807, 2.05) is 0 Å². The van der Waals surface area contributed by atoms with Crippen molar-refractivity contribution in [1.82, 2.24) is 9.78 Å². The van der Waals surface area contributed by atoms with Crippen molar-refractivity contribution in [1.29, 1.82) is 0 Å². The topological polar surface area (TPSA) is 29.9 Å². The second kappa shape index (κ2) is 4.93. The molecule has 1 aromatic rings. The number of aromatic nitrogens is 2. The molecule has 1 aromatic heterocycles. The van der Waals surface area contributed by atoms with Crippen LogP contribution >= 0.6 is 0 Å². The number of anilines is 1.